The Balaban J connectivity index is 1.80. The van der Waals surface area contributed by atoms with E-state index in [1.807, 2.05) is 25.1 Å². The minimum absolute atomic E-state index is 0.103. The number of rotatable bonds is 7. The van der Waals surface area contributed by atoms with Crippen LogP contribution in [0.2, 0.25) is 0 Å². The van der Waals surface area contributed by atoms with E-state index in [2.05, 4.69) is 10.3 Å². The molecule has 2 heterocycles. The second-order valence-corrected chi connectivity index (χ2v) is 7.90. The predicted molar refractivity (Wildman–Crippen MR) is 123 cm³/mol. The lowest BCUT2D eigenvalue weighted by atomic mass is 9.88. The van der Waals surface area contributed by atoms with Crippen LogP contribution >= 0.6 is 0 Å². The summed E-state index contributed by atoms with van der Waals surface area (Å²) in [6.07, 6.45) is -0.373. The summed E-state index contributed by atoms with van der Waals surface area (Å²) in [5.41, 5.74) is 1.46. The summed E-state index contributed by atoms with van der Waals surface area (Å²) in [6, 6.07) is 5.71. The Labute approximate surface area is 201 Å². The van der Waals surface area contributed by atoms with Gasteiger partial charge in [0.05, 0.1) is 59.7 Å². The van der Waals surface area contributed by atoms with Gasteiger partial charge in [0.25, 0.3) is 0 Å². The van der Waals surface area contributed by atoms with Gasteiger partial charge in [-0.05, 0) is 13.0 Å². The molecule has 186 valence electrons. The fraction of sp³-hybridized carbons (Fsp3) is 0.417. The average Bonchev–Trinajstić information content (AvgIpc) is 3.29. The number of ether oxygens (including phenoxy) is 6. The van der Waals surface area contributed by atoms with Crippen LogP contribution in [0.3, 0.4) is 0 Å². The van der Waals surface area contributed by atoms with Gasteiger partial charge in [0, 0.05) is 22.9 Å². The SMILES string of the molecule is COC(=O)c1nnn(C[C@H]2Cc3c(c(OC)c4c(OC)cccc4c3OC)[C@@H](C)O2)c1C(=O)OC. The summed E-state index contributed by atoms with van der Waals surface area (Å²) in [4.78, 5) is 24.5. The van der Waals surface area contributed by atoms with E-state index in [-0.39, 0.29) is 24.0 Å². The van der Waals surface area contributed by atoms with E-state index in [0.717, 1.165) is 21.9 Å². The molecule has 0 spiro atoms. The number of carbonyl (C=O) groups is 2. The van der Waals surface area contributed by atoms with Crippen LogP contribution in [0.1, 0.15) is 45.1 Å². The third-order valence-corrected chi connectivity index (χ3v) is 6.07. The first-order valence-electron chi connectivity index (χ1n) is 10.9. The minimum atomic E-state index is -0.785. The lowest BCUT2D eigenvalue weighted by molar-refractivity contribution is -0.0278. The van der Waals surface area contributed by atoms with Crippen molar-refractivity contribution < 1.29 is 38.0 Å². The highest BCUT2D eigenvalue weighted by Gasteiger charge is 2.35. The molecule has 0 amide bonds. The molecule has 0 aliphatic carbocycles. The molecule has 2 atom stereocenters. The predicted octanol–water partition coefficient (Wildman–Crippen LogP) is 2.73. The quantitative estimate of drug-likeness (QED) is 0.462. The summed E-state index contributed by atoms with van der Waals surface area (Å²) in [6.45, 7) is 2.05. The molecule has 1 aromatic heterocycles. The standard InChI is InChI=1S/C24H27N3O8/c1-12-17-15(21(31-3)14-8-7-9-16(30-2)18(14)22(17)32-4)10-13(35-12)11-27-20(24(29)34-6)19(25-26-27)23(28)33-5/h7-9,12-13H,10-11H2,1-6H3/t12-,13-/m1/s1. The van der Waals surface area contributed by atoms with Crippen molar-refractivity contribution >= 4 is 22.7 Å². The number of esters is 2. The molecular weight excluding hydrogens is 458 g/mol. The molecule has 35 heavy (non-hydrogen) atoms. The normalized spacial score (nSPS) is 17.0. The summed E-state index contributed by atoms with van der Waals surface area (Å²) in [5.74, 6) is 0.472. The van der Waals surface area contributed by atoms with Gasteiger partial charge >= 0.3 is 11.9 Å². The van der Waals surface area contributed by atoms with E-state index in [1.54, 1.807) is 21.3 Å². The Bertz CT molecular complexity index is 1290. The molecule has 0 radical (unpaired) electrons. The van der Waals surface area contributed by atoms with E-state index in [4.69, 9.17) is 28.4 Å². The van der Waals surface area contributed by atoms with Crippen LogP contribution in [0.4, 0.5) is 0 Å². The maximum atomic E-state index is 12.4. The topological polar surface area (TPSA) is 120 Å². The molecule has 0 N–H and O–H groups in total. The van der Waals surface area contributed by atoms with E-state index >= 15 is 0 Å². The van der Waals surface area contributed by atoms with Crippen molar-refractivity contribution in [3.8, 4) is 17.2 Å². The van der Waals surface area contributed by atoms with Crippen LogP contribution in [0.15, 0.2) is 18.2 Å². The van der Waals surface area contributed by atoms with Crippen molar-refractivity contribution in [2.24, 2.45) is 0 Å². The Morgan fingerprint density at radius 2 is 1.74 bits per heavy atom. The first kappa shape index (κ1) is 24.3. The summed E-state index contributed by atoms with van der Waals surface area (Å²) in [5, 5.41) is 9.47. The molecule has 2 aromatic carbocycles. The lowest BCUT2D eigenvalue weighted by Gasteiger charge is -2.33. The smallest absolute Gasteiger partial charge is 0.361 e. The van der Waals surface area contributed by atoms with Crippen molar-refractivity contribution in [3.05, 3.63) is 40.7 Å². The molecule has 0 unspecified atom stereocenters. The highest BCUT2D eigenvalue weighted by Crippen LogP contribution is 2.50. The monoisotopic (exact) mass is 485 g/mol. The van der Waals surface area contributed by atoms with Gasteiger partial charge in [-0.3, -0.25) is 0 Å². The van der Waals surface area contributed by atoms with Crippen LogP contribution in [-0.4, -0.2) is 68.6 Å². The summed E-state index contributed by atoms with van der Waals surface area (Å²) in [7, 11) is 7.25. The summed E-state index contributed by atoms with van der Waals surface area (Å²) < 4.78 is 34.5. The number of hydrogen-bond acceptors (Lipinski definition) is 10. The Hall–Kier alpha value is -3.86. The largest absolute Gasteiger partial charge is 0.496 e. The van der Waals surface area contributed by atoms with Gasteiger partial charge in [-0.25, -0.2) is 14.3 Å². The molecule has 4 rings (SSSR count). The first-order valence-corrected chi connectivity index (χ1v) is 10.9. The van der Waals surface area contributed by atoms with E-state index in [1.165, 1.54) is 18.9 Å². The van der Waals surface area contributed by atoms with Gasteiger partial charge in [-0.2, -0.15) is 0 Å². The molecule has 1 aliphatic heterocycles. The maximum absolute atomic E-state index is 12.4. The van der Waals surface area contributed by atoms with Crippen molar-refractivity contribution in [3.63, 3.8) is 0 Å². The van der Waals surface area contributed by atoms with Gasteiger partial charge in [-0.1, -0.05) is 17.3 Å². The molecule has 0 bridgehead atoms. The third-order valence-electron chi connectivity index (χ3n) is 6.07. The average molecular weight is 485 g/mol. The van der Waals surface area contributed by atoms with Crippen LogP contribution in [0.5, 0.6) is 17.2 Å². The summed E-state index contributed by atoms with van der Waals surface area (Å²) >= 11 is 0. The fourth-order valence-corrected chi connectivity index (χ4v) is 4.67. The minimum Gasteiger partial charge on any atom is -0.496 e. The molecule has 0 saturated heterocycles. The van der Waals surface area contributed by atoms with Crippen molar-refractivity contribution in [1.29, 1.82) is 0 Å². The van der Waals surface area contributed by atoms with E-state index in [9.17, 15) is 9.59 Å². The van der Waals surface area contributed by atoms with Gasteiger partial charge < -0.3 is 28.4 Å². The number of nitrogens with zero attached hydrogens (tertiary/aromatic N) is 3. The Kier molecular flexibility index (Phi) is 6.79. The van der Waals surface area contributed by atoms with E-state index in [0.29, 0.717) is 23.7 Å². The molecule has 0 fully saturated rings. The van der Waals surface area contributed by atoms with Gasteiger partial charge in [0.2, 0.25) is 5.69 Å². The van der Waals surface area contributed by atoms with Crippen molar-refractivity contribution in [2.75, 3.05) is 35.5 Å². The molecule has 3 aromatic rings. The van der Waals surface area contributed by atoms with Crippen molar-refractivity contribution in [1.82, 2.24) is 15.0 Å². The van der Waals surface area contributed by atoms with Crippen LogP contribution < -0.4 is 14.2 Å². The zero-order valence-corrected chi connectivity index (χ0v) is 20.4. The second-order valence-electron chi connectivity index (χ2n) is 7.90. The Morgan fingerprint density at radius 1 is 1.03 bits per heavy atom. The zero-order valence-electron chi connectivity index (χ0n) is 20.4. The highest BCUT2D eigenvalue weighted by atomic mass is 16.5. The van der Waals surface area contributed by atoms with Crippen LogP contribution in [0, 0.1) is 0 Å². The number of carbonyl (C=O) groups excluding carboxylic acids is 2. The van der Waals surface area contributed by atoms with Crippen molar-refractivity contribution in [2.45, 2.75) is 32.1 Å². The van der Waals surface area contributed by atoms with Gasteiger partial charge in [0.15, 0.2) is 5.69 Å². The molecular formula is C24H27N3O8. The maximum Gasteiger partial charge on any atom is 0.361 e. The highest BCUT2D eigenvalue weighted by molar-refractivity contribution is 6.01. The Morgan fingerprint density at radius 3 is 2.37 bits per heavy atom. The van der Waals surface area contributed by atoms with Crippen LogP contribution in [0.25, 0.3) is 10.8 Å². The van der Waals surface area contributed by atoms with Crippen LogP contribution in [-0.2, 0) is 27.2 Å². The molecule has 11 heteroatoms. The second kappa shape index (κ2) is 9.79. The first-order chi connectivity index (χ1) is 16.9. The number of benzene rings is 2. The molecule has 1 aliphatic rings. The number of methoxy groups -OCH3 is 5. The lowest BCUT2D eigenvalue weighted by Crippen LogP contribution is -2.31. The molecule has 0 saturated carbocycles. The number of fused-ring (bicyclic) bond motifs is 2. The fourth-order valence-electron chi connectivity index (χ4n) is 4.67. The van der Waals surface area contributed by atoms with E-state index < -0.39 is 18.0 Å². The van der Waals surface area contributed by atoms with Gasteiger partial charge in [-0.15, -0.1) is 5.10 Å². The number of hydrogen-bond donors (Lipinski definition) is 0. The van der Waals surface area contributed by atoms with Gasteiger partial charge in [0.1, 0.15) is 17.2 Å². The zero-order chi connectivity index (χ0) is 25.3. The molecule has 11 nitrogen and oxygen atoms in total. The number of aromatic nitrogens is 3. The third kappa shape index (κ3) is 4.01.